The molecule has 9 nitrogen and oxygen atoms in total. The Kier molecular flexibility index (Phi) is 19.6. The standard InChI is InChI=1S/C23H39N3O6S2.2ClH/c1-4-16(2)20(25-13-18(24)15-33)14-32-21(12-17-8-6-5-7-9-17)22(27)26-19(23(28)29)10-11-34(3,30)31;;/h5-9,16,18-21,25,33H,4,10-15,24H2,1-3H3,(H,26,27)(H,28,29);2*1H/t16-,18+,19-,20+,21-;;/m0../s1. The van der Waals surface area contributed by atoms with E-state index in [1.54, 1.807) is 0 Å². The van der Waals surface area contributed by atoms with Gasteiger partial charge in [0.1, 0.15) is 22.0 Å². The van der Waals surface area contributed by atoms with E-state index < -0.39 is 33.9 Å². The topological polar surface area (TPSA) is 148 Å². The Bertz CT molecular complexity index is 865. The van der Waals surface area contributed by atoms with Gasteiger partial charge in [0.2, 0.25) is 5.91 Å². The summed E-state index contributed by atoms with van der Waals surface area (Å²) in [6, 6.07) is 7.75. The molecular weight excluding hydrogens is 549 g/mol. The molecule has 1 rings (SSSR count). The van der Waals surface area contributed by atoms with Crippen LogP contribution in [-0.2, 0) is 30.6 Å². The maximum absolute atomic E-state index is 13.1. The zero-order valence-corrected chi connectivity index (χ0v) is 24.3. The van der Waals surface area contributed by atoms with Gasteiger partial charge in [-0.1, -0.05) is 50.6 Å². The first-order chi connectivity index (χ1) is 16.0. The van der Waals surface area contributed by atoms with Gasteiger partial charge in [-0.3, -0.25) is 4.79 Å². The second-order valence-electron chi connectivity index (χ2n) is 8.67. The van der Waals surface area contributed by atoms with Gasteiger partial charge in [-0.25, -0.2) is 13.2 Å². The lowest BCUT2D eigenvalue weighted by atomic mass is 9.99. The normalized spacial score (nSPS) is 15.4. The summed E-state index contributed by atoms with van der Waals surface area (Å²) in [5.74, 6) is -1.46. The third-order valence-corrected chi connectivity index (χ3v) is 7.08. The number of carboxylic acid groups (broad SMARTS) is 1. The van der Waals surface area contributed by atoms with Crippen LogP contribution in [0.15, 0.2) is 30.3 Å². The highest BCUT2D eigenvalue weighted by molar-refractivity contribution is 7.90. The number of carboxylic acids is 1. The van der Waals surface area contributed by atoms with Crippen LogP contribution in [-0.4, -0.2) is 80.5 Å². The van der Waals surface area contributed by atoms with Crippen LogP contribution in [0.5, 0.6) is 0 Å². The number of carbonyl (C=O) groups is 2. The lowest BCUT2D eigenvalue weighted by Gasteiger charge is -2.28. The summed E-state index contributed by atoms with van der Waals surface area (Å²) >= 11 is 4.21. The molecule has 0 saturated carbocycles. The van der Waals surface area contributed by atoms with Gasteiger partial charge in [-0.05, 0) is 17.9 Å². The first kappa shape index (κ1) is 37.1. The summed E-state index contributed by atoms with van der Waals surface area (Å²) < 4.78 is 29.0. The lowest BCUT2D eigenvalue weighted by molar-refractivity contribution is -0.144. The molecule has 0 bridgehead atoms. The number of nitrogens with one attached hydrogen (secondary N) is 2. The summed E-state index contributed by atoms with van der Waals surface area (Å²) in [6.07, 6.45) is 0.982. The molecule has 1 amide bonds. The van der Waals surface area contributed by atoms with E-state index in [4.69, 9.17) is 10.5 Å². The van der Waals surface area contributed by atoms with Gasteiger partial charge >= 0.3 is 5.97 Å². The van der Waals surface area contributed by atoms with Crippen molar-refractivity contribution in [2.24, 2.45) is 11.7 Å². The number of ether oxygens (including phenoxy) is 1. The van der Waals surface area contributed by atoms with Gasteiger partial charge in [0.05, 0.1) is 12.4 Å². The van der Waals surface area contributed by atoms with E-state index in [9.17, 15) is 23.1 Å². The largest absolute Gasteiger partial charge is 0.480 e. The molecule has 13 heteroatoms. The first-order valence-electron chi connectivity index (χ1n) is 11.4. The Morgan fingerprint density at radius 2 is 1.81 bits per heavy atom. The number of hydrogen-bond acceptors (Lipinski definition) is 8. The van der Waals surface area contributed by atoms with E-state index in [1.807, 2.05) is 30.3 Å². The quantitative estimate of drug-likeness (QED) is 0.172. The van der Waals surface area contributed by atoms with E-state index in [-0.39, 0.29) is 68.0 Å². The number of aliphatic carboxylic acids is 1. The molecule has 0 aromatic heterocycles. The third kappa shape index (κ3) is 15.2. The second kappa shape index (κ2) is 19.1. The molecule has 210 valence electrons. The Morgan fingerprint density at radius 3 is 2.31 bits per heavy atom. The first-order valence-corrected chi connectivity index (χ1v) is 14.1. The monoisotopic (exact) mass is 589 g/mol. The zero-order chi connectivity index (χ0) is 25.7. The summed E-state index contributed by atoms with van der Waals surface area (Å²) in [5, 5.41) is 15.3. The number of sulfone groups is 1. The molecule has 0 heterocycles. The third-order valence-electron chi connectivity index (χ3n) is 5.63. The number of amides is 1. The van der Waals surface area contributed by atoms with E-state index in [0.29, 0.717) is 12.3 Å². The van der Waals surface area contributed by atoms with Crippen molar-refractivity contribution < 1.29 is 27.9 Å². The van der Waals surface area contributed by atoms with Crippen LogP contribution in [0.3, 0.4) is 0 Å². The molecule has 0 saturated heterocycles. The number of carbonyl (C=O) groups excluding carboxylic acids is 1. The predicted octanol–water partition coefficient (Wildman–Crippen LogP) is 1.72. The minimum atomic E-state index is -3.38. The molecule has 1 aromatic carbocycles. The summed E-state index contributed by atoms with van der Waals surface area (Å²) in [6.45, 7) is 4.90. The number of rotatable bonds is 17. The van der Waals surface area contributed by atoms with Gasteiger partial charge in [0.25, 0.3) is 0 Å². The zero-order valence-electron chi connectivity index (χ0n) is 21.0. The molecule has 0 aliphatic rings. The fraction of sp³-hybridized carbons (Fsp3) is 0.652. The van der Waals surface area contributed by atoms with Crippen LogP contribution in [0.2, 0.25) is 0 Å². The molecule has 36 heavy (non-hydrogen) atoms. The van der Waals surface area contributed by atoms with Crippen molar-refractivity contribution in [3.63, 3.8) is 0 Å². The fourth-order valence-electron chi connectivity index (χ4n) is 3.21. The van der Waals surface area contributed by atoms with E-state index >= 15 is 0 Å². The minimum Gasteiger partial charge on any atom is -0.480 e. The fourth-order valence-corrected chi connectivity index (χ4v) is 4.00. The second-order valence-corrected chi connectivity index (χ2v) is 11.3. The molecule has 1 aromatic rings. The lowest BCUT2D eigenvalue weighted by Crippen LogP contribution is -2.50. The molecule has 0 aliphatic heterocycles. The van der Waals surface area contributed by atoms with Crippen molar-refractivity contribution in [3.05, 3.63) is 35.9 Å². The number of halogens is 2. The maximum Gasteiger partial charge on any atom is 0.326 e. The average molecular weight is 591 g/mol. The van der Waals surface area contributed by atoms with Crippen LogP contribution in [0.4, 0.5) is 0 Å². The average Bonchev–Trinajstić information content (AvgIpc) is 2.79. The van der Waals surface area contributed by atoms with E-state index in [2.05, 4.69) is 37.1 Å². The molecule has 0 fully saturated rings. The van der Waals surface area contributed by atoms with Crippen molar-refractivity contribution in [3.8, 4) is 0 Å². The van der Waals surface area contributed by atoms with Crippen LogP contribution >= 0.6 is 37.4 Å². The highest BCUT2D eigenvalue weighted by Gasteiger charge is 2.28. The smallest absolute Gasteiger partial charge is 0.326 e. The summed E-state index contributed by atoms with van der Waals surface area (Å²) in [4.78, 5) is 24.7. The Labute approximate surface area is 232 Å². The van der Waals surface area contributed by atoms with Crippen molar-refractivity contribution >= 4 is 59.2 Å². The SMILES string of the molecule is CC[C@H](C)[C@@H](CO[C@@H](Cc1ccccc1)C(=O)N[C@@H](CCS(C)(=O)=O)C(=O)O)NC[C@@H](N)CS.Cl.Cl. The number of hydrogen-bond donors (Lipinski definition) is 5. The highest BCUT2D eigenvalue weighted by atomic mass is 35.5. The van der Waals surface area contributed by atoms with Crippen LogP contribution in [0.25, 0.3) is 0 Å². The van der Waals surface area contributed by atoms with Crippen LogP contribution in [0, 0.1) is 5.92 Å². The van der Waals surface area contributed by atoms with Gasteiger partial charge in [-0.2, -0.15) is 12.6 Å². The molecular formula is C23H41Cl2N3O6S2. The number of nitrogens with two attached hydrogens (primary N) is 1. The van der Waals surface area contributed by atoms with Crippen molar-refractivity contribution in [2.45, 2.75) is 57.3 Å². The molecule has 5 N–H and O–H groups in total. The van der Waals surface area contributed by atoms with Crippen LogP contribution < -0.4 is 16.4 Å². The van der Waals surface area contributed by atoms with Crippen molar-refractivity contribution in [2.75, 3.05) is 30.9 Å². The Hall–Kier alpha value is -1.08. The minimum absolute atomic E-state index is 0. The summed E-state index contributed by atoms with van der Waals surface area (Å²) in [5.41, 5.74) is 6.83. The van der Waals surface area contributed by atoms with Gasteiger partial charge < -0.3 is 26.2 Å². The van der Waals surface area contributed by atoms with Gasteiger partial charge in [0.15, 0.2) is 0 Å². The molecule has 0 unspecified atom stereocenters. The molecule has 0 radical (unpaired) electrons. The van der Waals surface area contributed by atoms with E-state index in [0.717, 1.165) is 18.2 Å². The number of thiol groups is 1. The maximum atomic E-state index is 13.1. The highest BCUT2D eigenvalue weighted by Crippen LogP contribution is 2.13. The number of benzene rings is 1. The Balaban J connectivity index is 0. The molecule has 0 spiro atoms. The van der Waals surface area contributed by atoms with Crippen molar-refractivity contribution in [1.29, 1.82) is 0 Å². The van der Waals surface area contributed by atoms with E-state index in [1.165, 1.54) is 0 Å². The van der Waals surface area contributed by atoms with Gasteiger partial charge in [-0.15, -0.1) is 24.8 Å². The van der Waals surface area contributed by atoms with Crippen LogP contribution in [0.1, 0.15) is 32.3 Å². The van der Waals surface area contributed by atoms with Gasteiger partial charge in [0, 0.05) is 37.1 Å². The summed E-state index contributed by atoms with van der Waals surface area (Å²) in [7, 11) is -3.38. The molecule has 5 atom stereocenters. The molecule has 0 aliphatic carbocycles. The van der Waals surface area contributed by atoms with Crippen molar-refractivity contribution in [1.82, 2.24) is 10.6 Å². The predicted molar refractivity (Wildman–Crippen MR) is 151 cm³/mol. The Morgan fingerprint density at radius 1 is 1.19 bits per heavy atom.